The van der Waals surface area contributed by atoms with Crippen LogP contribution in [0, 0.1) is 0 Å². The van der Waals surface area contributed by atoms with Crippen molar-refractivity contribution in [3.8, 4) is 28.3 Å². The Hall–Kier alpha value is -3.43. The van der Waals surface area contributed by atoms with Crippen molar-refractivity contribution < 1.29 is 35.6 Å². The second-order valence-electron chi connectivity index (χ2n) is 6.83. The maximum absolute atomic E-state index is 13.5. The number of alkyl halides is 6. The maximum Gasteiger partial charge on any atom is 0.425 e. The number of ether oxygens (including phenoxy) is 1. The number of aromatic amines is 1. The van der Waals surface area contributed by atoms with Gasteiger partial charge >= 0.3 is 12.4 Å². The topological polar surface area (TPSA) is 51.0 Å². The first-order valence-electron chi connectivity index (χ1n) is 9.02. The van der Waals surface area contributed by atoms with Crippen LogP contribution >= 0.6 is 0 Å². The Bertz CT molecular complexity index is 1220. The van der Waals surface area contributed by atoms with Gasteiger partial charge in [0, 0.05) is 34.3 Å². The molecule has 0 aliphatic carbocycles. The molecule has 4 rings (SSSR count). The minimum Gasteiger partial charge on any atom is -0.481 e. The zero-order chi connectivity index (χ0) is 22.4. The van der Waals surface area contributed by atoms with Gasteiger partial charge in [0.25, 0.3) is 0 Å². The molecule has 0 radical (unpaired) electrons. The number of hydrogen-bond acceptors (Lipinski definition) is 3. The molecule has 2 aromatic carbocycles. The molecule has 0 saturated heterocycles. The third-order valence-corrected chi connectivity index (χ3v) is 4.72. The third kappa shape index (κ3) is 4.10. The lowest BCUT2D eigenvalue weighted by molar-refractivity contribution is -0.191. The second kappa shape index (κ2) is 7.36. The quantitative estimate of drug-likeness (QED) is 0.354. The molecule has 162 valence electrons. The van der Waals surface area contributed by atoms with Gasteiger partial charge in [-0.25, -0.2) is 0 Å². The number of aromatic nitrogens is 2. The average molecular weight is 440 g/mol. The number of rotatable bonds is 4. The Morgan fingerprint density at radius 2 is 1.77 bits per heavy atom. The number of H-pyrrole nitrogens is 1. The molecule has 4 nitrogen and oxygen atoms in total. The molecule has 0 aliphatic rings. The van der Waals surface area contributed by atoms with Crippen molar-refractivity contribution in [2.75, 3.05) is 0 Å². The Morgan fingerprint density at radius 3 is 2.48 bits per heavy atom. The minimum absolute atomic E-state index is 0.000620. The summed E-state index contributed by atoms with van der Waals surface area (Å²) >= 11 is 0. The van der Waals surface area contributed by atoms with Crippen molar-refractivity contribution in [2.45, 2.75) is 25.4 Å². The lowest BCUT2D eigenvalue weighted by Gasteiger charge is -2.21. The van der Waals surface area contributed by atoms with Crippen LogP contribution < -0.4 is 4.74 Å². The van der Waals surface area contributed by atoms with E-state index in [-0.39, 0.29) is 11.3 Å². The summed E-state index contributed by atoms with van der Waals surface area (Å²) in [4.78, 5) is 3.05. The summed E-state index contributed by atoms with van der Waals surface area (Å²) in [5.74, 6) is -0.888. The zero-order valence-corrected chi connectivity index (χ0v) is 15.8. The lowest BCUT2D eigenvalue weighted by atomic mass is 10.0. The molecule has 1 N–H and O–H groups in total. The van der Waals surface area contributed by atoms with E-state index in [1.54, 1.807) is 18.3 Å². The normalized spacial score (nSPS) is 13.5. The summed E-state index contributed by atoms with van der Waals surface area (Å²) in [5, 5.41) is 4.79. The van der Waals surface area contributed by atoms with Crippen LogP contribution in [0.5, 0.6) is 5.75 Å². The molecule has 0 saturated carbocycles. The second-order valence-corrected chi connectivity index (χ2v) is 6.83. The fourth-order valence-corrected chi connectivity index (χ4v) is 3.11. The van der Waals surface area contributed by atoms with Crippen LogP contribution in [0.4, 0.5) is 26.3 Å². The largest absolute Gasteiger partial charge is 0.481 e. The Morgan fingerprint density at radius 1 is 1.00 bits per heavy atom. The number of hydrogen-bond donors (Lipinski definition) is 1. The van der Waals surface area contributed by atoms with Crippen molar-refractivity contribution in [3.05, 3.63) is 60.3 Å². The molecule has 0 bridgehead atoms. The van der Waals surface area contributed by atoms with Gasteiger partial charge in [-0.2, -0.15) is 26.3 Å². The number of nitrogens with zero attached hydrogens (tertiary/aromatic N) is 1. The molecule has 1 atom stereocenters. The van der Waals surface area contributed by atoms with Gasteiger partial charge in [-0.15, -0.1) is 0 Å². The highest BCUT2D eigenvalue weighted by Crippen LogP contribution is 2.41. The fourth-order valence-electron chi connectivity index (χ4n) is 3.11. The van der Waals surface area contributed by atoms with Crippen LogP contribution in [0.2, 0.25) is 0 Å². The van der Waals surface area contributed by atoms with Crippen molar-refractivity contribution in [2.24, 2.45) is 0 Å². The summed E-state index contributed by atoms with van der Waals surface area (Å²) in [5.41, 5.74) is 0.622. The molecular formula is C21H14F6N2O2. The highest BCUT2D eigenvalue weighted by Gasteiger charge is 2.41. The summed E-state index contributed by atoms with van der Waals surface area (Å²) in [7, 11) is 0. The summed E-state index contributed by atoms with van der Waals surface area (Å²) in [6.45, 7) is 0.637. The third-order valence-electron chi connectivity index (χ3n) is 4.72. The molecular weight excluding hydrogens is 426 g/mol. The van der Waals surface area contributed by atoms with Crippen LogP contribution in [-0.4, -0.2) is 22.4 Å². The van der Waals surface area contributed by atoms with Crippen LogP contribution in [0.25, 0.3) is 33.5 Å². The molecule has 0 aliphatic heterocycles. The minimum atomic E-state index is -4.93. The van der Waals surface area contributed by atoms with E-state index >= 15 is 0 Å². The van der Waals surface area contributed by atoms with Crippen molar-refractivity contribution in [1.29, 1.82) is 0 Å². The molecule has 0 unspecified atom stereocenters. The van der Waals surface area contributed by atoms with E-state index in [0.717, 1.165) is 17.0 Å². The molecule has 4 aromatic rings. The standard InChI is InChI=1S/C21H14F6N2O2/c1-11(20(22,23)24)30-18-6-5-12(9-15(18)21(25,26)27)19-10-17(29-31-19)13-3-2-4-16-14(13)7-8-28-16/h2-11,28H,1H3/t11-/m0/s1. The first-order chi connectivity index (χ1) is 14.5. The van der Waals surface area contributed by atoms with Gasteiger partial charge in [0.15, 0.2) is 11.9 Å². The Balaban J connectivity index is 1.72. The predicted molar refractivity (Wildman–Crippen MR) is 100 cm³/mol. The van der Waals surface area contributed by atoms with E-state index in [1.807, 2.05) is 12.1 Å². The van der Waals surface area contributed by atoms with Gasteiger partial charge in [0.1, 0.15) is 11.4 Å². The summed E-state index contributed by atoms with van der Waals surface area (Å²) < 4.78 is 88.4. The molecule has 10 heteroatoms. The van der Waals surface area contributed by atoms with E-state index in [9.17, 15) is 26.3 Å². The average Bonchev–Trinajstić information content (AvgIpc) is 3.36. The Labute approximate surface area is 171 Å². The summed E-state index contributed by atoms with van der Waals surface area (Å²) in [6.07, 6.45) is -10.4. The molecule has 0 spiro atoms. The van der Waals surface area contributed by atoms with Crippen molar-refractivity contribution >= 4 is 10.9 Å². The molecule has 31 heavy (non-hydrogen) atoms. The zero-order valence-electron chi connectivity index (χ0n) is 15.8. The summed E-state index contributed by atoms with van der Waals surface area (Å²) in [6, 6.07) is 11.4. The molecule has 2 aromatic heterocycles. The first kappa shape index (κ1) is 20.8. The Kier molecular flexibility index (Phi) is 4.95. The van der Waals surface area contributed by atoms with Gasteiger partial charge < -0.3 is 14.2 Å². The number of halogens is 6. The van der Waals surface area contributed by atoms with E-state index in [1.165, 1.54) is 12.1 Å². The molecule has 0 amide bonds. The maximum atomic E-state index is 13.5. The van der Waals surface area contributed by atoms with Gasteiger partial charge in [-0.3, -0.25) is 0 Å². The predicted octanol–water partition coefficient (Wildman–Crippen LogP) is 6.84. The van der Waals surface area contributed by atoms with Crippen molar-refractivity contribution in [3.63, 3.8) is 0 Å². The van der Waals surface area contributed by atoms with E-state index in [0.29, 0.717) is 24.2 Å². The molecule has 2 heterocycles. The monoisotopic (exact) mass is 440 g/mol. The number of nitrogens with one attached hydrogen (secondary N) is 1. The smallest absolute Gasteiger partial charge is 0.425 e. The highest BCUT2D eigenvalue weighted by molar-refractivity contribution is 5.94. The van der Waals surface area contributed by atoms with Crippen molar-refractivity contribution in [1.82, 2.24) is 10.1 Å². The van der Waals surface area contributed by atoms with Crippen LogP contribution in [0.15, 0.2) is 59.3 Å². The van der Waals surface area contributed by atoms with Gasteiger partial charge in [-0.1, -0.05) is 17.3 Å². The van der Waals surface area contributed by atoms with E-state index in [4.69, 9.17) is 4.52 Å². The van der Waals surface area contributed by atoms with Crippen LogP contribution in [0.3, 0.4) is 0 Å². The van der Waals surface area contributed by atoms with Crippen LogP contribution in [0.1, 0.15) is 12.5 Å². The van der Waals surface area contributed by atoms with Gasteiger partial charge in [0.05, 0.1) is 5.56 Å². The van der Waals surface area contributed by atoms with Gasteiger partial charge in [0.2, 0.25) is 0 Å². The van der Waals surface area contributed by atoms with E-state index < -0.39 is 29.8 Å². The SMILES string of the molecule is C[C@H](Oc1ccc(-c2cc(-c3cccc4[nH]ccc34)no2)cc1C(F)(F)F)C(F)(F)F. The number of fused-ring (bicyclic) bond motifs is 1. The first-order valence-corrected chi connectivity index (χ1v) is 9.02. The van der Waals surface area contributed by atoms with Gasteiger partial charge in [-0.05, 0) is 37.3 Å². The number of benzene rings is 2. The lowest BCUT2D eigenvalue weighted by Crippen LogP contribution is -2.31. The molecule has 0 fully saturated rings. The fraction of sp³-hybridized carbons (Fsp3) is 0.190. The highest BCUT2D eigenvalue weighted by atomic mass is 19.4. The van der Waals surface area contributed by atoms with E-state index in [2.05, 4.69) is 14.9 Å². The van der Waals surface area contributed by atoms with Crippen LogP contribution in [-0.2, 0) is 6.18 Å².